The topological polar surface area (TPSA) is 41.1 Å². The van der Waals surface area contributed by atoms with Crippen molar-refractivity contribution >= 4 is 17.4 Å². The van der Waals surface area contributed by atoms with Gasteiger partial charge in [-0.05, 0) is 28.8 Å². The molecule has 2 amide bonds. The minimum Gasteiger partial charge on any atom is -0.334 e. The molecule has 0 spiro atoms. The van der Waals surface area contributed by atoms with Crippen molar-refractivity contribution in [1.82, 2.24) is 10.6 Å². The lowest BCUT2D eigenvalue weighted by Crippen LogP contribution is -2.40. The lowest BCUT2D eigenvalue weighted by atomic mass is 10.2. The number of hydrogen-bond acceptors (Lipinski definition) is 2. The van der Waals surface area contributed by atoms with Gasteiger partial charge in [0.25, 0.3) is 0 Å². The zero-order valence-electron chi connectivity index (χ0n) is 8.52. The third-order valence-corrected chi connectivity index (χ3v) is 2.76. The molecule has 0 fully saturated rings. The molecule has 90 valence electrons. The monoisotopic (exact) mass is 252 g/mol. The van der Waals surface area contributed by atoms with Gasteiger partial charge >= 0.3 is 12.2 Å². The Morgan fingerprint density at radius 3 is 2.56 bits per heavy atom. The van der Waals surface area contributed by atoms with Gasteiger partial charge in [-0.1, -0.05) is 0 Å². The van der Waals surface area contributed by atoms with Crippen LogP contribution in [0.2, 0.25) is 0 Å². The van der Waals surface area contributed by atoms with E-state index in [1.165, 1.54) is 11.3 Å². The standard InChI is InChI=1S/C9H11F3N2OS/c1-6-3-16-4-7(6)2-13-8(15)14-5-9(10,11)12/h3-4H,2,5H2,1H3,(H2,13,14,15). The second-order valence-electron chi connectivity index (χ2n) is 3.23. The second-order valence-corrected chi connectivity index (χ2v) is 3.98. The van der Waals surface area contributed by atoms with Crippen molar-refractivity contribution < 1.29 is 18.0 Å². The van der Waals surface area contributed by atoms with Crippen LogP contribution in [0.3, 0.4) is 0 Å². The Labute approximate surface area is 94.7 Å². The van der Waals surface area contributed by atoms with Crippen LogP contribution in [0.15, 0.2) is 10.8 Å². The van der Waals surface area contributed by atoms with E-state index in [1.54, 1.807) is 5.32 Å². The summed E-state index contributed by atoms with van der Waals surface area (Å²) in [6.45, 7) is 0.793. The SMILES string of the molecule is Cc1cscc1CNC(=O)NCC(F)(F)F. The molecule has 0 saturated heterocycles. The van der Waals surface area contributed by atoms with Gasteiger partial charge in [0.05, 0.1) is 0 Å². The quantitative estimate of drug-likeness (QED) is 0.852. The number of thiophene rings is 1. The minimum absolute atomic E-state index is 0.235. The first kappa shape index (κ1) is 12.8. The van der Waals surface area contributed by atoms with E-state index in [2.05, 4.69) is 5.32 Å². The first-order valence-electron chi connectivity index (χ1n) is 4.48. The molecule has 16 heavy (non-hydrogen) atoms. The van der Waals surface area contributed by atoms with Crippen LogP contribution >= 0.6 is 11.3 Å². The summed E-state index contributed by atoms with van der Waals surface area (Å²) in [5.74, 6) is 0. The average Bonchev–Trinajstić information content (AvgIpc) is 2.57. The molecule has 0 bridgehead atoms. The largest absolute Gasteiger partial charge is 0.405 e. The fourth-order valence-corrected chi connectivity index (χ4v) is 1.84. The van der Waals surface area contributed by atoms with Gasteiger partial charge in [-0.25, -0.2) is 4.79 Å². The Hall–Kier alpha value is -1.24. The van der Waals surface area contributed by atoms with Gasteiger partial charge in [-0.3, -0.25) is 0 Å². The number of urea groups is 1. The van der Waals surface area contributed by atoms with Crippen molar-refractivity contribution in [3.8, 4) is 0 Å². The van der Waals surface area contributed by atoms with Gasteiger partial charge in [0.15, 0.2) is 0 Å². The van der Waals surface area contributed by atoms with Crippen LogP contribution in [-0.2, 0) is 6.54 Å². The van der Waals surface area contributed by atoms with E-state index in [1.807, 2.05) is 17.7 Å². The summed E-state index contributed by atoms with van der Waals surface area (Å²) in [4.78, 5) is 11.0. The molecule has 0 aliphatic heterocycles. The number of nitrogens with one attached hydrogen (secondary N) is 2. The molecule has 0 aliphatic carbocycles. The van der Waals surface area contributed by atoms with Gasteiger partial charge in [-0.2, -0.15) is 24.5 Å². The summed E-state index contributed by atoms with van der Waals surface area (Å²) in [5, 5.41) is 7.84. The number of rotatable bonds is 3. The molecular formula is C9H11F3N2OS. The lowest BCUT2D eigenvalue weighted by molar-refractivity contribution is -0.122. The highest BCUT2D eigenvalue weighted by Crippen LogP contribution is 2.13. The Morgan fingerprint density at radius 2 is 2.06 bits per heavy atom. The molecule has 0 atom stereocenters. The zero-order chi connectivity index (χ0) is 12.2. The van der Waals surface area contributed by atoms with E-state index in [4.69, 9.17) is 0 Å². The Morgan fingerprint density at radius 1 is 1.38 bits per heavy atom. The number of halogens is 3. The van der Waals surface area contributed by atoms with E-state index in [0.29, 0.717) is 0 Å². The summed E-state index contributed by atoms with van der Waals surface area (Å²) in [5.41, 5.74) is 1.92. The van der Waals surface area contributed by atoms with Gasteiger partial charge in [0, 0.05) is 6.54 Å². The molecule has 0 unspecified atom stereocenters. The average molecular weight is 252 g/mol. The summed E-state index contributed by atoms with van der Waals surface area (Å²) >= 11 is 1.48. The Kier molecular flexibility index (Phi) is 4.17. The number of hydrogen-bond donors (Lipinski definition) is 2. The highest BCUT2D eigenvalue weighted by Gasteiger charge is 2.27. The Balaban J connectivity index is 2.29. The molecule has 0 aliphatic rings. The second kappa shape index (κ2) is 5.20. The van der Waals surface area contributed by atoms with E-state index >= 15 is 0 Å². The van der Waals surface area contributed by atoms with Crippen molar-refractivity contribution in [2.24, 2.45) is 0 Å². The highest BCUT2D eigenvalue weighted by atomic mass is 32.1. The smallest absolute Gasteiger partial charge is 0.334 e. The maximum Gasteiger partial charge on any atom is 0.405 e. The van der Waals surface area contributed by atoms with Crippen LogP contribution in [0.25, 0.3) is 0 Å². The Bertz CT molecular complexity index is 362. The van der Waals surface area contributed by atoms with Crippen molar-refractivity contribution in [1.29, 1.82) is 0 Å². The summed E-state index contributed by atoms with van der Waals surface area (Å²) < 4.78 is 35.3. The molecule has 0 saturated carbocycles. The number of aryl methyl sites for hydroxylation is 1. The highest BCUT2D eigenvalue weighted by molar-refractivity contribution is 7.08. The molecule has 1 rings (SSSR count). The first-order valence-corrected chi connectivity index (χ1v) is 5.43. The molecule has 1 heterocycles. The fraction of sp³-hybridized carbons (Fsp3) is 0.444. The third-order valence-electron chi connectivity index (χ3n) is 1.85. The molecule has 7 heteroatoms. The predicted octanol–water partition coefficient (Wildman–Crippen LogP) is 2.42. The molecule has 1 aromatic heterocycles. The van der Waals surface area contributed by atoms with Gasteiger partial charge < -0.3 is 10.6 Å². The molecule has 3 nitrogen and oxygen atoms in total. The van der Waals surface area contributed by atoms with Crippen LogP contribution < -0.4 is 10.6 Å². The molecule has 0 aromatic carbocycles. The zero-order valence-corrected chi connectivity index (χ0v) is 9.34. The first-order chi connectivity index (χ1) is 7.38. The molecule has 1 aromatic rings. The minimum atomic E-state index is -4.38. The van der Waals surface area contributed by atoms with E-state index in [9.17, 15) is 18.0 Å². The van der Waals surface area contributed by atoms with Gasteiger partial charge in [0.2, 0.25) is 0 Å². The van der Waals surface area contributed by atoms with Crippen molar-refractivity contribution in [3.05, 3.63) is 21.9 Å². The van der Waals surface area contributed by atoms with E-state index < -0.39 is 18.8 Å². The maximum atomic E-state index is 11.8. The van der Waals surface area contributed by atoms with Gasteiger partial charge in [-0.15, -0.1) is 0 Å². The number of amides is 2. The molecule has 2 N–H and O–H groups in total. The van der Waals surface area contributed by atoms with Crippen LogP contribution in [0.5, 0.6) is 0 Å². The number of alkyl halides is 3. The van der Waals surface area contributed by atoms with Crippen molar-refractivity contribution in [2.75, 3.05) is 6.54 Å². The van der Waals surface area contributed by atoms with Crippen LogP contribution in [0.1, 0.15) is 11.1 Å². The number of carbonyl (C=O) groups excluding carboxylic acids is 1. The normalized spacial score (nSPS) is 11.2. The maximum absolute atomic E-state index is 11.8. The molecule has 0 radical (unpaired) electrons. The molecular weight excluding hydrogens is 241 g/mol. The summed E-state index contributed by atoms with van der Waals surface area (Å²) in [6.07, 6.45) is -4.38. The third kappa shape index (κ3) is 4.52. The van der Waals surface area contributed by atoms with Crippen LogP contribution in [0.4, 0.5) is 18.0 Å². The fourth-order valence-electron chi connectivity index (χ4n) is 0.986. The summed E-state index contributed by atoms with van der Waals surface area (Å²) in [7, 11) is 0. The van der Waals surface area contributed by atoms with Crippen molar-refractivity contribution in [3.63, 3.8) is 0 Å². The lowest BCUT2D eigenvalue weighted by Gasteiger charge is -2.09. The van der Waals surface area contributed by atoms with Gasteiger partial charge in [0.1, 0.15) is 6.54 Å². The van der Waals surface area contributed by atoms with E-state index in [0.717, 1.165) is 11.1 Å². The summed E-state index contributed by atoms with van der Waals surface area (Å²) in [6, 6.07) is -0.817. The van der Waals surface area contributed by atoms with Crippen LogP contribution in [-0.4, -0.2) is 18.8 Å². The van der Waals surface area contributed by atoms with Crippen LogP contribution in [0, 0.1) is 6.92 Å². The predicted molar refractivity (Wildman–Crippen MR) is 55.3 cm³/mol. The van der Waals surface area contributed by atoms with E-state index in [-0.39, 0.29) is 6.54 Å². The van der Waals surface area contributed by atoms with Crippen molar-refractivity contribution in [2.45, 2.75) is 19.6 Å². The number of carbonyl (C=O) groups is 1.